The van der Waals surface area contributed by atoms with E-state index in [2.05, 4.69) is 4.90 Å². The number of ether oxygens (including phenoxy) is 1. The summed E-state index contributed by atoms with van der Waals surface area (Å²) in [7, 11) is 2.00. The summed E-state index contributed by atoms with van der Waals surface area (Å²) in [6, 6.07) is 0. The Kier molecular flexibility index (Phi) is 8.17. The van der Waals surface area contributed by atoms with Gasteiger partial charge in [-0.25, -0.2) is 0 Å². The maximum absolute atomic E-state index is 11.1. The highest BCUT2D eigenvalue weighted by Gasteiger charge is 2.14. The highest BCUT2D eigenvalue weighted by atomic mass is 16.5. The van der Waals surface area contributed by atoms with Gasteiger partial charge in [0.15, 0.2) is 0 Å². The molecule has 0 atom stereocenters. The first-order valence-corrected chi connectivity index (χ1v) is 6.41. The Morgan fingerprint density at radius 2 is 1.94 bits per heavy atom. The van der Waals surface area contributed by atoms with Gasteiger partial charge >= 0.3 is 5.97 Å². The molecule has 0 aromatic carbocycles. The van der Waals surface area contributed by atoms with Crippen molar-refractivity contribution in [2.24, 2.45) is 0 Å². The van der Waals surface area contributed by atoms with Crippen LogP contribution in [0.15, 0.2) is 0 Å². The molecule has 0 aliphatic carbocycles. The molecular weight excluding hydrogens is 218 g/mol. The van der Waals surface area contributed by atoms with Gasteiger partial charge in [-0.15, -0.1) is 0 Å². The number of hydrogen-bond acceptors (Lipinski definition) is 4. The second-order valence-electron chi connectivity index (χ2n) is 5.17. The molecule has 0 aliphatic rings. The summed E-state index contributed by atoms with van der Waals surface area (Å²) in [4.78, 5) is 13.2. The molecule has 0 aliphatic heterocycles. The molecule has 0 rings (SSSR count). The molecular formula is C13H27NO3. The average Bonchev–Trinajstić information content (AvgIpc) is 2.14. The molecule has 0 heterocycles. The highest BCUT2D eigenvalue weighted by Crippen LogP contribution is 2.06. The summed E-state index contributed by atoms with van der Waals surface area (Å²) in [5.41, 5.74) is -0.639. The topological polar surface area (TPSA) is 49.8 Å². The number of unbranched alkanes of at least 4 members (excludes halogenated alkanes) is 2. The van der Waals surface area contributed by atoms with E-state index < -0.39 is 5.60 Å². The minimum atomic E-state index is -0.639. The van der Waals surface area contributed by atoms with Gasteiger partial charge in [-0.1, -0.05) is 6.42 Å². The number of rotatable bonds is 9. The van der Waals surface area contributed by atoms with Gasteiger partial charge < -0.3 is 14.7 Å². The number of nitrogens with zero attached hydrogens (tertiary/aromatic N) is 1. The normalized spacial score (nSPS) is 11.9. The van der Waals surface area contributed by atoms with Crippen molar-refractivity contribution in [3.05, 3.63) is 0 Å². The van der Waals surface area contributed by atoms with Crippen molar-refractivity contribution in [3.63, 3.8) is 0 Å². The number of hydrogen-bond donors (Lipinski definition) is 1. The van der Waals surface area contributed by atoms with Crippen LogP contribution in [-0.2, 0) is 9.53 Å². The summed E-state index contributed by atoms with van der Waals surface area (Å²) in [5, 5.41) is 9.62. The van der Waals surface area contributed by atoms with E-state index in [-0.39, 0.29) is 5.97 Å². The zero-order valence-electron chi connectivity index (χ0n) is 11.7. The third-order valence-electron chi connectivity index (χ3n) is 2.38. The van der Waals surface area contributed by atoms with E-state index in [9.17, 15) is 9.90 Å². The van der Waals surface area contributed by atoms with Gasteiger partial charge in [-0.3, -0.25) is 4.79 Å². The summed E-state index contributed by atoms with van der Waals surface area (Å²) in [6.07, 6.45) is 3.47. The fourth-order valence-corrected chi connectivity index (χ4v) is 1.80. The smallest absolute Gasteiger partial charge is 0.305 e. The van der Waals surface area contributed by atoms with Gasteiger partial charge in [-0.2, -0.15) is 0 Å². The van der Waals surface area contributed by atoms with E-state index in [1.807, 2.05) is 27.8 Å². The average molecular weight is 245 g/mol. The zero-order valence-corrected chi connectivity index (χ0v) is 11.7. The lowest BCUT2D eigenvalue weighted by Gasteiger charge is -2.25. The minimum absolute atomic E-state index is 0.0997. The van der Waals surface area contributed by atoms with E-state index in [0.717, 1.165) is 25.8 Å². The van der Waals surface area contributed by atoms with Crippen LogP contribution in [0.3, 0.4) is 0 Å². The van der Waals surface area contributed by atoms with Gasteiger partial charge in [0, 0.05) is 13.0 Å². The third kappa shape index (κ3) is 11.6. The molecule has 17 heavy (non-hydrogen) atoms. The Hall–Kier alpha value is -0.610. The van der Waals surface area contributed by atoms with Crippen molar-refractivity contribution in [1.29, 1.82) is 0 Å². The van der Waals surface area contributed by atoms with E-state index in [0.29, 0.717) is 19.6 Å². The molecule has 4 nitrogen and oxygen atoms in total. The predicted octanol–water partition coefficient (Wildman–Crippen LogP) is 1.81. The monoisotopic (exact) mass is 245 g/mol. The van der Waals surface area contributed by atoms with Crippen molar-refractivity contribution >= 4 is 5.97 Å². The number of aliphatic hydroxyl groups is 1. The molecule has 0 bridgehead atoms. The number of carbonyl (C=O) groups is 1. The van der Waals surface area contributed by atoms with Gasteiger partial charge in [0.05, 0.1) is 12.2 Å². The van der Waals surface area contributed by atoms with Crippen LogP contribution in [0.2, 0.25) is 0 Å². The molecule has 0 fully saturated rings. The van der Waals surface area contributed by atoms with Gasteiger partial charge in [0.2, 0.25) is 0 Å². The van der Waals surface area contributed by atoms with Crippen LogP contribution >= 0.6 is 0 Å². The quantitative estimate of drug-likeness (QED) is 0.497. The third-order valence-corrected chi connectivity index (χ3v) is 2.38. The van der Waals surface area contributed by atoms with Crippen molar-refractivity contribution in [2.45, 2.75) is 52.1 Å². The summed E-state index contributed by atoms with van der Waals surface area (Å²) in [6.45, 7) is 7.53. The molecule has 4 heteroatoms. The number of carbonyl (C=O) groups excluding carboxylic acids is 1. The molecule has 0 aromatic heterocycles. The number of esters is 1. The second kappa shape index (κ2) is 8.48. The molecule has 1 N–H and O–H groups in total. The lowest BCUT2D eigenvalue weighted by Crippen LogP contribution is -2.36. The maximum atomic E-state index is 11.1. The predicted molar refractivity (Wildman–Crippen MR) is 68.9 cm³/mol. The standard InChI is InChI=1S/C13H27NO3/c1-5-17-12(15)9-7-6-8-10-14(4)11-13(2,3)16/h16H,5-11H2,1-4H3. The largest absolute Gasteiger partial charge is 0.466 e. The van der Waals surface area contributed by atoms with Crippen LogP contribution in [-0.4, -0.2) is 48.3 Å². The molecule has 102 valence electrons. The minimum Gasteiger partial charge on any atom is -0.466 e. The van der Waals surface area contributed by atoms with Crippen LogP contribution in [0.4, 0.5) is 0 Å². The van der Waals surface area contributed by atoms with Crippen LogP contribution in [0, 0.1) is 0 Å². The van der Waals surface area contributed by atoms with E-state index in [4.69, 9.17) is 4.74 Å². The lowest BCUT2D eigenvalue weighted by atomic mass is 10.1. The Balaban J connectivity index is 3.42. The molecule has 0 saturated heterocycles. The van der Waals surface area contributed by atoms with E-state index in [1.54, 1.807) is 0 Å². The summed E-state index contributed by atoms with van der Waals surface area (Å²) >= 11 is 0. The first kappa shape index (κ1) is 16.4. The molecule has 0 radical (unpaired) electrons. The second-order valence-corrected chi connectivity index (χ2v) is 5.17. The van der Waals surface area contributed by atoms with Crippen LogP contribution in [0.5, 0.6) is 0 Å². The molecule has 0 saturated carbocycles. The Morgan fingerprint density at radius 3 is 2.47 bits per heavy atom. The SMILES string of the molecule is CCOC(=O)CCCCCN(C)CC(C)(C)O. The maximum Gasteiger partial charge on any atom is 0.305 e. The zero-order chi connectivity index (χ0) is 13.3. The van der Waals surface area contributed by atoms with Crippen molar-refractivity contribution in [3.8, 4) is 0 Å². The van der Waals surface area contributed by atoms with Gasteiger partial charge in [-0.05, 0) is 47.2 Å². The molecule has 0 unspecified atom stereocenters. The fourth-order valence-electron chi connectivity index (χ4n) is 1.80. The van der Waals surface area contributed by atoms with Gasteiger partial charge in [0.25, 0.3) is 0 Å². The van der Waals surface area contributed by atoms with Crippen LogP contribution < -0.4 is 0 Å². The first-order valence-electron chi connectivity index (χ1n) is 6.41. The number of likely N-dealkylation sites (N-methyl/N-ethyl adjacent to an activating group) is 1. The first-order chi connectivity index (χ1) is 7.85. The Labute approximate surface area is 105 Å². The highest BCUT2D eigenvalue weighted by molar-refractivity contribution is 5.69. The van der Waals surface area contributed by atoms with Crippen LogP contribution in [0.1, 0.15) is 46.5 Å². The van der Waals surface area contributed by atoms with Gasteiger partial charge in [0.1, 0.15) is 0 Å². The molecule has 0 aromatic rings. The van der Waals surface area contributed by atoms with Crippen molar-refractivity contribution < 1.29 is 14.6 Å². The van der Waals surface area contributed by atoms with E-state index >= 15 is 0 Å². The van der Waals surface area contributed by atoms with Crippen molar-refractivity contribution in [2.75, 3.05) is 26.7 Å². The summed E-state index contributed by atoms with van der Waals surface area (Å²) < 4.78 is 4.85. The molecule has 0 spiro atoms. The fraction of sp³-hybridized carbons (Fsp3) is 0.923. The van der Waals surface area contributed by atoms with Crippen LogP contribution in [0.25, 0.3) is 0 Å². The van der Waals surface area contributed by atoms with E-state index in [1.165, 1.54) is 0 Å². The van der Waals surface area contributed by atoms with Crippen molar-refractivity contribution in [1.82, 2.24) is 4.90 Å². The molecule has 0 amide bonds. The lowest BCUT2D eigenvalue weighted by molar-refractivity contribution is -0.143. The summed E-state index contributed by atoms with van der Waals surface area (Å²) in [5.74, 6) is -0.0997. The Morgan fingerprint density at radius 1 is 1.29 bits per heavy atom. The Bertz CT molecular complexity index is 211.